The molecule has 0 aliphatic heterocycles. The fourth-order valence-corrected chi connectivity index (χ4v) is 0.651. The van der Waals surface area contributed by atoms with Crippen LogP contribution in [-0.2, 0) is 0 Å². The number of nitrogens with zero attached hydrogens (tertiary/aromatic N) is 1. The van der Waals surface area contributed by atoms with Gasteiger partial charge in [-0.3, -0.25) is 10.1 Å². The van der Waals surface area contributed by atoms with Crippen molar-refractivity contribution in [2.45, 2.75) is 0 Å². The van der Waals surface area contributed by atoms with Gasteiger partial charge in [0.15, 0.2) is 5.75 Å². The van der Waals surface area contributed by atoms with E-state index >= 15 is 0 Å². The Kier molecular flexibility index (Phi) is 4.16. The number of phenols is 1. The molecule has 6 heteroatoms. The van der Waals surface area contributed by atoms with E-state index in [0.29, 0.717) is 6.07 Å². The van der Waals surface area contributed by atoms with Gasteiger partial charge in [-0.15, -0.1) is 0 Å². The number of hydrogen-bond acceptors (Lipinski definition) is 3. The van der Waals surface area contributed by atoms with E-state index in [2.05, 4.69) is 0 Å². The molecule has 0 atom stereocenters. The Balaban J connectivity index is 0.00000121. The Hall–Kier alpha value is -0.650. The number of rotatable bonds is 1. The number of benzene rings is 1. The second kappa shape index (κ2) is 4.39. The second-order valence-electron chi connectivity index (χ2n) is 1.89. The van der Waals surface area contributed by atoms with Gasteiger partial charge in [-0.2, -0.15) is 0 Å². The average Bonchev–Trinajstić information content (AvgIpc) is 1.85. The summed E-state index contributed by atoms with van der Waals surface area (Å²) in [6, 6.07) is 2.51. The summed E-state index contributed by atoms with van der Waals surface area (Å²) in [5, 5.41) is 18.8. The van der Waals surface area contributed by atoms with Gasteiger partial charge < -0.3 is 5.11 Å². The van der Waals surface area contributed by atoms with E-state index in [1.54, 1.807) is 0 Å². The fourth-order valence-electron chi connectivity index (χ4n) is 0.651. The predicted molar refractivity (Wildman–Crippen MR) is 41.9 cm³/mol. The molecule has 0 saturated heterocycles. The summed E-state index contributed by atoms with van der Waals surface area (Å²) >= 11 is 0. The Labute approximate surface area is 89.5 Å². The summed E-state index contributed by atoms with van der Waals surface area (Å²) in [6.07, 6.45) is 0. The van der Waals surface area contributed by atoms with E-state index in [1.165, 1.54) is 0 Å². The molecule has 1 rings (SSSR count). The van der Waals surface area contributed by atoms with Gasteiger partial charge in [0, 0.05) is 12.1 Å². The first kappa shape index (κ1) is 11.4. The van der Waals surface area contributed by atoms with Crippen molar-refractivity contribution in [1.29, 1.82) is 0 Å². The third-order valence-corrected chi connectivity index (χ3v) is 1.13. The van der Waals surface area contributed by atoms with Crippen LogP contribution in [0.1, 0.15) is 0 Å². The van der Waals surface area contributed by atoms with Crippen molar-refractivity contribution in [3.63, 3.8) is 0 Å². The van der Waals surface area contributed by atoms with Gasteiger partial charge in [-0.1, -0.05) is 0 Å². The summed E-state index contributed by atoms with van der Waals surface area (Å²) in [7, 11) is 0. The molecule has 0 fully saturated rings. The zero-order valence-corrected chi connectivity index (χ0v) is 5.32. The van der Waals surface area contributed by atoms with Crippen molar-refractivity contribution in [2.24, 2.45) is 0 Å². The SMILES string of the molecule is O=[N+]([O-])c1ccc(F)cc1O.[NaH]. The Morgan fingerprint density at radius 3 is 2.50 bits per heavy atom. The van der Waals surface area contributed by atoms with Gasteiger partial charge in [0.2, 0.25) is 0 Å². The maximum absolute atomic E-state index is 12.2. The molecule has 1 N–H and O–H groups in total. The summed E-state index contributed by atoms with van der Waals surface area (Å²) in [6.45, 7) is 0. The van der Waals surface area contributed by atoms with E-state index < -0.39 is 22.2 Å². The van der Waals surface area contributed by atoms with Crippen LogP contribution >= 0.6 is 0 Å². The average molecular weight is 181 g/mol. The van der Waals surface area contributed by atoms with Crippen molar-refractivity contribution < 1.29 is 14.4 Å². The first-order chi connectivity index (χ1) is 5.11. The molecule has 0 spiro atoms. The second-order valence-corrected chi connectivity index (χ2v) is 1.89. The molecule has 4 nitrogen and oxygen atoms in total. The predicted octanol–water partition coefficient (Wildman–Crippen LogP) is 0.791. The van der Waals surface area contributed by atoms with E-state index in [0.717, 1.165) is 12.1 Å². The molecule has 60 valence electrons. The summed E-state index contributed by atoms with van der Waals surface area (Å²) in [5.41, 5.74) is -0.494. The van der Waals surface area contributed by atoms with Crippen molar-refractivity contribution in [2.75, 3.05) is 0 Å². The molecule has 0 radical (unpaired) electrons. The first-order valence-electron chi connectivity index (χ1n) is 2.74. The van der Waals surface area contributed by atoms with Crippen molar-refractivity contribution in [1.82, 2.24) is 0 Å². The molecule has 12 heavy (non-hydrogen) atoms. The molecule has 0 amide bonds. The molecule has 0 saturated carbocycles. The zero-order valence-electron chi connectivity index (χ0n) is 5.32. The number of aromatic hydroxyl groups is 1. The van der Waals surface area contributed by atoms with Crippen LogP contribution in [0.3, 0.4) is 0 Å². The molecule has 0 unspecified atom stereocenters. The number of hydrogen-bond donors (Lipinski definition) is 1. The Morgan fingerprint density at radius 2 is 2.08 bits per heavy atom. The van der Waals surface area contributed by atoms with Crippen LogP contribution in [0, 0.1) is 15.9 Å². The van der Waals surface area contributed by atoms with E-state index in [-0.39, 0.29) is 29.6 Å². The summed E-state index contributed by atoms with van der Waals surface area (Å²) < 4.78 is 12.2. The molecule has 0 aromatic heterocycles. The molecular formula is C6H5FNNaO3. The minimum absolute atomic E-state index is 0. The topological polar surface area (TPSA) is 63.4 Å². The van der Waals surface area contributed by atoms with E-state index in [1.807, 2.05) is 0 Å². The monoisotopic (exact) mass is 181 g/mol. The van der Waals surface area contributed by atoms with Crippen LogP contribution in [0.25, 0.3) is 0 Å². The van der Waals surface area contributed by atoms with Crippen molar-refractivity contribution in [3.05, 3.63) is 34.1 Å². The quantitative estimate of drug-likeness (QED) is 0.395. The molecule has 0 aliphatic carbocycles. The minimum atomic E-state index is -0.783. The molecule has 0 bridgehead atoms. The molecule has 1 aromatic rings. The standard InChI is InChI=1S/C6H4FNO3.Na.H/c7-4-1-2-5(8(10)11)6(9)3-4;;/h1-3,9H;;. The van der Waals surface area contributed by atoms with E-state index in [9.17, 15) is 14.5 Å². The van der Waals surface area contributed by atoms with Gasteiger partial charge in [0.25, 0.3) is 0 Å². The van der Waals surface area contributed by atoms with Gasteiger partial charge >= 0.3 is 35.2 Å². The number of phenolic OH excluding ortho intramolecular Hbond substituents is 1. The van der Waals surface area contributed by atoms with Crippen LogP contribution in [0.15, 0.2) is 18.2 Å². The molecular weight excluding hydrogens is 176 g/mol. The zero-order chi connectivity index (χ0) is 8.43. The fraction of sp³-hybridized carbons (Fsp3) is 0. The van der Waals surface area contributed by atoms with Gasteiger partial charge in [0.05, 0.1) is 4.92 Å². The van der Waals surface area contributed by atoms with Gasteiger partial charge in [0.1, 0.15) is 5.82 Å². The van der Waals surface area contributed by atoms with Gasteiger partial charge in [-0.05, 0) is 6.07 Å². The first-order valence-corrected chi connectivity index (χ1v) is 2.74. The Morgan fingerprint density at radius 1 is 1.50 bits per heavy atom. The van der Waals surface area contributed by atoms with Gasteiger partial charge in [-0.25, -0.2) is 4.39 Å². The van der Waals surface area contributed by atoms with Crippen LogP contribution in [0.5, 0.6) is 5.75 Å². The number of nitro benzene ring substituents is 1. The van der Waals surface area contributed by atoms with Crippen LogP contribution in [-0.4, -0.2) is 39.6 Å². The van der Waals surface area contributed by atoms with E-state index in [4.69, 9.17) is 5.11 Å². The molecule has 1 aromatic carbocycles. The van der Waals surface area contributed by atoms with Crippen molar-refractivity contribution >= 4 is 35.2 Å². The Bertz CT molecular complexity index is 305. The molecule has 0 aliphatic rings. The summed E-state index contributed by atoms with van der Waals surface area (Å²) in [5.74, 6) is -1.36. The van der Waals surface area contributed by atoms with Crippen LogP contribution in [0.4, 0.5) is 10.1 Å². The third-order valence-electron chi connectivity index (χ3n) is 1.13. The maximum atomic E-state index is 12.2. The number of halogens is 1. The third kappa shape index (κ3) is 2.44. The number of nitro groups is 1. The van der Waals surface area contributed by atoms with Crippen molar-refractivity contribution in [3.8, 4) is 5.75 Å². The summed E-state index contributed by atoms with van der Waals surface area (Å²) in [4.78, 5) is 9.27. The van der Waals surface area contributed by atoms with Crippen LogP contribution < -0.4 is 0 Å². The van der Waals surface area contributed by atoms with Crippen LogP contribution in [0.2, 0.25) is 0 Å². The normalized spacial score (nSPS) is 8.75. The molecule has 0 heterocycles.